The first-order valence-electron chi connectivity index (χ1n) is 31.3. The van der Waals surface area contributed by atoms with Crippen LogP contribution in [0.15, 0.2) is 12.2 Å². The Morgan fingerprint density at radius 1 is 0.443 bits per heavy atom. The molecule has 16 nitrogen and oxygen atoms in total. The molecule has 0 bridgehead atoms. The lowest BCUT2D eigenvalue weighted by Crippen LogP contribution is -2.45. The molecule has 0 saturated carbocycles. The van der Waals surface area contributed by atoms with Gasteiger partial charge in [-0.1, -0.05) is 166 Å². The molecule has 2 rings (SSSR count). The van der Waals surface area contributed by atoms with Crippen molar-refractivity contribution in [3.63, 3.8) is 0 Å². The number of rotatable bonds is 30. The monoisotopic (exact) mass is 1150 g/mol. The van der Waals surface area contributed by atoms with Crippen LogP contribution in [0.4, 0.5) is 0 Å². The molecule has 0 amide bonds. The van der Waals surface area contributed by atoms with Gasteiger partial charge < -0.3 is 80.7 Å². The number of piperidine rings is 1. The SMILES string of the molecule is CC(C)CC(C)CO.CC(C)CO.CCC/C=C/CO.CCCCCCCO.CCCCCCO.CCCCCO.CCCCO.CCCO.CCCOCCO.CN(C)CCO.CN1CC(CO)C1.CN1CCC(CO)CC1. The fourth-order valence-corrected chi connectivity index (χ4v) is 5.71. The fourth-order valence-electron chi connectivity index (χ4n) is 5.71. The number of unbranched alkanes of at least 4 members (excludes halogenated alkanes) is 11. The summed E-state index contributed by atoms with van der Waals surface area (Å²) >= 11 is 0. The minimum absolute atomic E-state index is 0.139. The van der Waals surface area contributed by atoms with Crippen LogP contribution >= 0.6 is 0 Å². The Morgan fingerprint density at radius 3 is 1.09 bits per heavy atom. The van der Waals surface area contributed by atoms with E-state index in [1.54, 1.807) is 6.08 Å². The first-order valence-corrected chi connectivity index (χ1v) is 31.3. The summed E-state index contributed by atoms with van der Waals surface area (Å²) < 4.78 is 4.88. The molecule has 2 saturated heterocycles. The topological polar surface area (TPSA) is 262 Å². The van der Waals surface area contributed by atoms with Crippen molar-refractivity contribution < 1.29 is 66.0 Å². The molecule has 2 fully saturated rings. The summed E-state index contributed by atoms with van der Waals surface area (Å²) in [5, 5.41) is 99.3. The van der Waals surface area contributed by atoms with E-state index in [2.05, 4.69) is 79.3 Å². The molecular weight excluding hydrogens is 1010 g/mol. The smallest absolute Gasteiger partial charge is 0.0697 e. The van der Waals surface area contributed by atoms with Crippen molar-refractivity contribution in [3.05, 3.63) is 12.2 Å². The second-order valence-electron chi connectivity index (χ2n) is 21.2. The maximum Gasteiger partial charge on any atom is 0.0697 e. The quantitative estimate of drug-likeness (QED) is 0.0236. The standard InChI is InChI=1S/C7H15NO.2C7H16O.C6H14O.C6H12O.C5H11NO.C5H12O2.C5H12O.C4H11NO.2C4H10O.C3H8O/c1-8-4-2-7(6-9)3-5-8;1-6(2)4-7(3)5-8;1-2-3-4-5-6-7-8;2*1-2-3-4-5-6-7;1-6-2-5(3-6)4-7;1-2-4-7-5-3-6;1-2-3-4-5-6;1-5(2)3-4-6;1-4(2)3-5;1-2-3-4-5;1-2-3-4/h7,9H,2-6H2,1H3;6-8H,4-5H2,1-3H3;8H,2-7H2,1H3;7H,2-6H2,1H3;4-5,7H,2-3,6H2,1H3;5,7H,2-4H2,1H3;6H,2-5H2,1H3;6H,2-5H2,1H3;6H,3-4H2,1-2H3;4-5H,3H2,1-2H3;5H,2-4H2,1H3;4H,2-3H2,1H3/b;;;;5-4+;;;;;;;. The molecule has 0 aliphatic carbocycles. The molecule has 0 aromatic carbocycles. The molecule has 2 aliphatic rings. The van der Waals surface area contributed by atoms with Crippen molar-refractivity contribution in [2.75, 3.05) is 153 Å². The Hall–Kier alpha value is -0.900. The predicted molar refractivity (Wildman–Crippen MR) is 341 cm³/mol. The van der Waals surface area contributed by atoms with E-state index in [0.29, 0.717) is 89.7 Å². The zero-order chi connectivity index (χ0) is 63.0. The van der Waals surface area contributed by atoms with E-state index in [1.807, 2.05) is 52.8 Å². The summed E-state index contributed by atoms with van der Waals surface area (Å²) in [4.78, 5) is 6.44. The van der Waals surface area contributed by atoms with Crippen LogP contribution in [-0.4, -0.2) is 229 Å². The van der Waals surface area contributed by atoms with E-state index in [9.17, 15) is 0 Å². The molecule has 492 valence electrons. The normalized spacial score (nSPS) is 13.1. The number of hydrogen-bond acceptors (Lipinski definition) is 16. The molecule has 2 aliphatic heterocycles. The summed E-state index contributed by atoms with van der Waals surface area (Å²) in [5.41, 5.74) is 0. The Labute approximate surface area is 492 Å². The molecule has 0 radical (unpaired) electrons. The van der Waals surface area contributed by atoms with Crippen LogP contribution in [0.3, 0.4) is 0 Å². The number of likely N-dealkylation sites (N-methyl/N-ethyl adjacent to an activating group) is 1. The van der Waals surface area contributed by atoms with Crippen LogP contribution in [0.5, 0.6) is 0 Å². The minimum atomic E-state index is 0.139. The minimum Gasteiger partial charge on any atom is -0.396 e. The van der Waals surface area contributed by atoms with Crippen LogP contribution in [0.1, 0.15) is 218 Å². The van der Waals surface area contributed by atoms with Gasteiger partial charge in [-0.2, -0.15) is 0 Å². The maximum absolute atomic E-state index is 8.76. The average molecular weight is 1150 g/mol. The summed E-state index contributed by atoms with van der Waals surface area (Å²) in [5.74, 6) is 2.80. The van der Waals surface area contributed by atoms with Gasteiger partial charge in [0.05, 0.1) is 26.4 Å². The number of ether oxygens (including phenoxy) is 1. The van der Waals surface area contributed by atoms with Gasteiger partial charge in [-0.05, 0) is 129 Å². The Bertz CT molecular complexity index is 871. The third kappa shape index (κ3) is 143. The van der Waals surface area contributed by atoms with Crippen molar-refractivity contribution in [3.8, 4) is 0 Å². The highest BCUT2D eigenvalue weighted by atomic mass is 16.5. The molecule has 0 spiro atoms. The van der Waals surface area contributed by atoms with Crippen molar-refractivity contribution in [2.24, 2.45) is 29.6 Å². The molecule has 79 heavy (non-hydrogen) atoms. The van der Waals surface area contributed by atoms with E-state index in [0.717, 1.165) is 116 Å². The van der Waals surface area contributed by atoms with Gasteiger partial charge in [-0.25, -0.2) is 0 Å². The fraction of sp³-hybridized carbons (Fsp3) is 0.968. The lowest BCUT2D eigenvalue weighted by atomic mass is 9.98. The number of aliphatic hydroxyl groups is 12. The average Bonchev–Trinajstić information content (AvgIpc) is 3.43. The first kappa shape index (κ1) is 100. The first-order chi connectivity index (χ1) is 37.8. The number of hydrogen-bond donors (Lipinski definition) is 12. The van der Waals surface area contributed by atoms with Crippen molar-refractivity contribution in [1.82, 2.24) is 14.7 Å². The van der Waals surface area contributed by atoms with Crippen molar-refractivity contribution in [2.45, 2.75) is 218 Å². The highest BCUT2D eigenvalue weighted by Crippen LogP contribution is 2.14. The zero-order valence-corrected chi connectivity index (χ0v) is 55.4. The van der Waals surface area contributed by atoms with E-state index in [-0.39, 0.29) is 19.8 Å². The molecule has 16 heteroatoms. The number of nitrogens with zero attached hydrogens (tertiary/aromatic N) is 3. The zero-order valence-electron chi connectivity index (χ0n) is 55.4. The van der Waals surface area contributed by atoms with Gasteiger partial charge in [0.1, 0.15) is 0 Å². The van der Waals surface area contributed by atoms with Gasteiger partial charge in [0.2, 0.25) is 0 Å². The van der Waals surface area contributed by atoms with Crippen LogP contribution in [-0.2, 0) is 4.74 Å². The van der Waals surface area contributed by atoms with Crippen LogP contribution in [0.25, 0.3) is 0 Å². The largest absolute Gasteiger partial charge is 0.396 e. The molecule has 1 unspecified atom stereocenters. The molecule has 1 atom stereocenters. The molecule has 2 heterocycles. The summed E-state index contributed by atoms with van der Waals surface area (Å²) in [6, 6.07) is 0. The predicted octanol–water partition coefficient (Wildman–Crippen LogP) is 9.28. The Balaban J connectivity index is -0.0000000826. The third-order valence-corrected chi connectivity index (χ3v) is 10.7. The van der Waals surface area contributed by atoms with E-state index >= 15 is 0 Å². The Morgan fingerprint density at radius 2 is 0.861 bits per heavy atom. The van der Waals surface area contributed by atoms with Gasteiger partial charge in [0.25, 0.3) is 0 Å². The summed E-state index contributed by atoms with van der Waals surface area (Å²) in [7, 11) is 8.05. The molecule has 12 N–H and O–H groups in total. The lowest BCUT2D eigenvalue weighted by molar-refractivity contribution is 0.0760. The van der Waals surface area contributed by atoms with Gasteiger partial charge in [-0.3, -0.25) is 0 Å². The highest BCUT2D eigenvalue weighted by molar-refractivity contribution is 4.79. The van der Waals surface area contributed by atoms with Gasteiger partial charge in [0, 0.05) is 91.6 Å². The van der Waals surface area contributed by atoms with Gasteiger partial charge in [-0.15, -0.1) is 0 Å². The van der Waals surface area contributed by atoms with E-state index in [1.165, 1.54) is 64.2 Å². The van der Waals surface area contributed by atoms with Crippen molar-refractivity contribution in [1.29, 1.82) is 0 Å². The number of aliphatic hydroxyl groups excluding tert-OH is 12. The van der Waals surface area contributed by atoms with Crippen LogP contribution < -0.4 is 0 Å². The molecule has 0 aromatic rings. The van der Waals surface area contributed by atoms with Crippen LogP contribution in [0, 0.1) is 29.6 Å². The Kier molecular flexibility index (Phi) is 129. The van der Waals surface area contributed by atoms with Gasteiger partial charge >= 0.3 is 0 Å². The molecule has 0 aromatic heterocycles. The lowest BCUT2D eigenvalue weighted by Gasteiger charge is -2.34. The van der Waals surface area contributed by atoms with E-state index in [4.69, 9.17) is 66.0 Å². The summed E-state index contributed by atoms with van der Waals surface area (Å²) in [6.45, 7) is 35.2. The van der Waals surface area contributed by atoms with Crippen molar-refractivity contribution >= 4 is 0 Å². The third-order valence-electron chi connectivity index (χ3n) is 10.7. The summed E-state index contributed by atoms with van der Waals surface area (Å²) in [6.07, 6.45) is 27.5. The van der Waals surface area contributed by atoms with Crippen LogP contribution in [0.2, 0.25) is 0 Å². The van der Waals surface area contributed by atoms with Gasteiger partial charge in [0.15, 0.2) is 0 Å². The second kappa shape index (κ2) is 102. The second-order valence-corrected chi connectivity index (χ2v) is 21.2. The maximum atomic E-state index is 8.76. The van der Waals surface area contributed by atoms with E-state index < -0.39 is 0 Å². The number of allylic oxidation sites excluding steroid dienone is 1. The number of likely N-dealkylation sites (tertiary alicyclic amines) is 2. The molecular formula is C63H147N3O13. The highest BCUT2D eigenvalue weighted by Gasteiger charge is 2.21.